The van der Waals surface area contributed by atoms with E-state index in [4.69, 9.17) is 22.2 Å². The Hall–Kier alpha value is -1.92. The van der Waals surface area contributed by atoms with Crippen molar-refractivity contribution in [3.8, 4) is 11.6 Å². The first-order valence-corrected chi connectivity index (χ1v) is 6.52. The molecule has 0 aliphatic rings. The molecule has 20 heavy (non-hydrogen) atoms. The SMILES string of the molecule is Cc1c(NN)nc(C(C)C)nc1Oc1cncc(Cl)c1. The summed E-state index contributed by atoms with van der Waals surface area (Å²) in [5.74, 6) is 7.76. The maximum atomic E-state index is 5.88. The normalized spacial score (nSPS) is 10.7. The van der Waals surface area contributed by atoms with Crippen molar-refractivity contribution in [3.05, 3.63) is 34.9 Å². The number of hydrogen-bond acceptors (Lipinski definition) is 6. The Morgan fingerprint density at radius 1 is 1.30 bits per heavy atom. The molecule has 0 radical (unpaired) electrons. The fourth-order valence-electron chi connectivity index (χ4n) is 1.57. The summed E-state index contributed by atoms with van der Waals surface area (Å²) in [5.41, 5.74) is 3.27. The summed E-state index contributed by atoms with van der Waals surface area (Å²) in [6, 6.07) is 1.67. The fraction of sp³-hybridized carbons (Fsp3) is 0.308. The van der Waals surface area contributed by atoms with E-state index in [1.807, 2.05) is 20.8 Å². The van der Waals surface area contributed by atoms with Crippen LogP contribution in [0.1, 0.15) is 31.2 Å². The number of nitrogens with two attached hydrogens (primary N) is 1. The molecule has 6 nitrogen and oxygen atoms in total. The van der Waals surface area contributed by atoms with Gasteiger partial charge in [0.25, 0.3) is 0 Å². The number of ether oxygens (including phenoxy) is 1. The molecule has 0 spiro atoms. The van der Waals surface area contributed by atoms with E-state index in [-0.39, 0.29) is 5.92 Å². The van der Waals surface area contributed by atoms with Gasteiger partial charge in [-0.1, -0.05) is 25.4 Å². The molecule has 2 heterocycles. The van der Waals surface area contributed by atoms with Gasteiger partial charge in [-0.25, -0.2) is 10.8 Å². The Balaban J connectivity index is 2.42. The van der Waals surface area contributed by atoms with Gasteiger partial charge in [-0.2, -0.15) is 4.98 Å². The molecule has 3 N–H and O–H groups in total. The maximum absolute atomic E-state index is 5.88. The Morgan fingerprint density at radius 2 is 2.05 bits per heavy atom. The van der Waals surface area contributed by atoms with Gasteiger partial charge in [-0.15, -0.1) is 0 Å². The zero-order valence-corrected chi connectivity index (χ0v) is 12.3. The topological polar surface area (TPSA) is 86.0 Å². The first kappa shape index (κ1) is 14.5. The van der Waals surface area contributed by atoms with Crippen LogP contribution < -0.4 is 16.0 Å². The molecular weight excluding hydrogens is 278 g/mol. The maximum Gasteiger partial charge on any atom is 0.227 e. The van der Waals surface area contributed by atoms with Crippen molar-refractivity contribution in [2.24, 2.45) is 5.84 Å². The summed E-state index contributed by atoms with van der Waals surface area (Å²) in [5, 5.41) is 0.496. The van der Waals surface area contributed by atoms with E-state index >= 15 is 0 Å². The average molecular weight is 294 g/mol. The number of hydrazine groups is 1. The third-order valence-corrected chi connectivity index (χ3v) is 2.87. The van der Waals surface area contributed by atoms with Crippen molar-refractivity contribution >= 4 is 17.4 Å². The predicted molar refractivity (Wildman–Crippen MR) is 78.0 cm³/mol. The van der Waals surface area contributed by atoms with E-state index < -0.39 is 0 Å². The van der Waals surface area contributed by atoms with Gasteiger partial charge in [0, 0.05) is 18.2 Å². The van der Waals surface area contributed by atoms with E-state index in [2.05, 4.69) is 20.4 Å². The van der Waals surface area contributed by atoms with Gasteiger partial charge in [0.15, 0.2) is 5.82 Å². The van der Waals surface area contributed by atoms with Gasteiger partial charge in [-0.05, 0) is 6.92 Å². The largest absolute Gasteiger partial charge is 0.437 e. The number of hydrogen-bond donors (Lipinski definition) is 2. The second kappa shape index (κ2) is 6.02. The van der Waals surface area contributed by atoms with Gasteiger partial charge >= 0.3 is 0 Å². The van der Waals surface area contributed by atoms with Crippen LogP contribution in [0.25, 0.3) is 0 Å². The smallest absolute Gasteiger partial charge is 0.227 e. The van der Waals surface area contributed by atoms with Gasteiger partial charge in [0.1, 0.15) is 11.6 Å². The monoisotopic (exact) mass is 293 g/mol. The third kappa shape index (κ3) is 3.15. The van der Waals surface area contributed by atoms with Crippen LogP contribution in [0.5, 0.6) is 11.6 Å². The van der Waals surface area contributed by atoms with Gasteiger partial charge < -0.3 is 10.2 Å². The zero-order chi connectivity index (χ0) is 14.7. The second-order valence-corrected chi connectivity index (χ2v) is 5.04. The van der Waals surface area contributed by atoms with Crippen LogP contribution in [-0.2, 0) is 0 Å². The fourth-order valence-corrected chi connectivity index (χ4v) is 1.73. The van der Waals surface area contributed by atoms with E-state index in [0.29, 0.717) is 28.3 Å². The van der Waals surface area contributed by atoms with E-state index in [0.717, 1.165) is 5.56 Å². The highest BCUT2D eigenvalue weighted by Crippen LogP contribution is 2.29. The Kier molecular flexibility index (Phi) is 4.36. The van der Waals surface area contributed by atoms with Crippen LogP contribution in [0.3, 0.4) is 0 Å². The van der Waals surface area contributed by atoms with Crippen molar-refractivity contribution in [1.29, 1.82) is 0 Å². The Morgan fingerprint density at radius 3 is 2.65 bits per heavy atom. The van der Waals surface area contributed by atoms with E-state index in [1.165, 1.54) is 6.20 Å². The van der Waals surface area contributed by atoms with Crippen molar-refractivity contribution in [1.82, 2.24) is 15.0 Å². The number of aromatic nitrogens is 3. The first-order chi connectivity index (χ1) is 9.51. The lowest BCUT2D eigenvalue weighted by molar-refractivity contribution is 0.451. The minimum absolute atomic E-state index is 0.155. The molecule has 0 atom stereocenters. The molecule has 0 saturated carbocycles. The van der Waals surface area contributed by atoms with Crippen LogP contribution in [0.15, 0.2) is 18.5 Å². The summed E-state index contributed by atoms with van der Waals surface area (Å²) < 4.78 is 5.73. The van der Waals surface area contributed by atoms with Crippen LogP contribution in [0.4, 0.5) is 5.82 Å². The highest BCUT2D eigenvalue weighted by Gasteiger charge is 2.14. The van der Waals surface area contributed by atoms with E-state index in [1.54, 1.807) is 12.3 Å². The lowest BCUT2D eigenvalue weighted by Crippen LogP contribution is -2.13. The molecule has 0 saturated heterocycles. The van der Waals surface area contributed by atoms with Crippen LogP contribution >= 0.6 is 11.6 Å². The van der Waals surface area contributed by atoms with Gasteiger partial charge in [-0.3, -0.25) is 4.98 Å². The summed E-state index contributed by atoms with van der Waals surface area (Å²) in [6.07, 6.45) is 3.10. The van der Waals surface area contributed by atoms with Crippen molar-refractivity contribution in [2.75, 3.05) is 5.43 Å². The summed E-state index contributed by atoms with van der Waals surface area (Å²) >= 11 is 5.88. The first-order valence-electron chi connectivity index (χ1n) is 6.14. The Labute approximate surface area is 122 Å². The number of nitrogens with one attached hydrogen (secondary N) is 1. The molecule has 7 heteroatoms. The van der Waals surface area contributed by atoms with Crippen LogP contribution in [-0.4, -0.2) is 15.0 Å². The minimum atomic E-state index is 0.155. The highest BCUT2D eigenvalue weighted by atomic mass is 35.5. The standard InChI is InChI=1S/C13H16ClN5O/c1-7(2)11-17-12(19-15)8(3)13(18-11)20-10-4-9(14)5-16-6-10/h4-7H,15H2,1-3H3,(H,17,18,19). The van der Waals surface area contributed by atoms with Crippen molar-refractivity contribution in [3.63, 3.8) is 0 Å². The minimum Gasteiger partial charge on any atom is -0.437 e. The molecule has 0 fully saturated rings. The van der Waals surface area contributed by atoms with Gasteiger partial charge in [0.2, 0.25) is 5.88 Å². The number of anilines is 1. The molecule has 2 aromatic heterocycles. The summed E-state index contributed by atoms with van der Waals surface area (Å²) in [4.78, 5) is 12.7. The number of rotatable bonds is 4. The Bertz CT molecular complexity index is 618. The molecular formula is C13H16ClN5O. The predicted octanol–water partition coefficient (Wildman–Crippen LogP) is 3.03. The molecule has 0 amide bonds. The highest BCUT2D eigenvalue weighted by molar-refractivity contribution is 6.30. The summed E-state index contributed by atoms with van der Waals surface area (Å²) in [6.45, 7) is 5.82. The third-order valence-electron chi connectivity index (χ3n) is 2.67. The van der Waals surface area contributed by atoms with E-state index in [9.17, 15) is 0 Å². The quantitative estimate of drug-likeness (QED) is 0.665. The zero-order valence-electron chi connectivity index (χ0n) is 11.5. The van der Waals surface area contributed by atoms with Crippen molar-refractivity contribution < 1.29 is 4.74 Å². The molecule has 0 aliphatic heterocycles. The van der Waals surface area contributed by atoms with Crippen LogP contribution in [0.2, 0.25) is 5.02 Å². The molecule has 0 aliphatic carbocycles. The lowest BCUT2D eigenvalue weighted by Gasteiger charge is -2.14. The second-order valence-electron chi connectivity index (χ2n) is 4.60. The molecule has 2 rings (SSSR count). The van der Waals surface area contributed by atoms with Crippen LogP contribution in [0, 0.1) is 6.92 Å². The molecule has 0 bridgehead atoms. The number of halogens is 1. The molecule has 106 valence electrons. The van der Waals surface area contributed by atoms with Gasteiger partial charge in [0.05, 0.1) is 16.8 Å². The number of pyridine rings is 1. The molecule has 0 aromatic carbocycles. The molecule has 2 aromatic rings. The van der Waals surface area contributed by atoms with Crippen molar-refractivity contribution in [2.45, 2.75) is 26.7 Å². The summed E-state index contributed by atoms with van der Waals surface area (Å²) in [7, 11) is 0. The average Bonchev–Trinajstić information content (AvgIpc) is 2.41. The molecule has 0 unspecified atom stereocenters. The number of nitrogen functional groups attached to an aromatic ring is 1. The lowest BCUT2D eigenvalue weighted by atomic mass is 10.2. The number of nitrogens with zero attached hydrogens (tertiary/aromatic N) is 3.